The first-order valence-electron chi connectivity index (χ1n) is 9.58. The lowest BCUT2D eigenvalue weighted by Crippen LogP contribution is -2.37. The topological polar surface area (TPSA) is 46.6 Å². The van der Waals surface area contributed by atoms with Crippen LogP contribution < -0.4 is 0 Å². The number of halogens is 1. The lowest BCUT2D eigenvalue weighted by molar-refractivity contribution is -0.149. The monoisotopic (exact) mass is 407 g/mol. The van der Waals surface area contributed by atoms with Crippen molar-refractivity contribution in [3.05, 3.63) is 87.6 Å². The van der Waals surface area contributed by atoms with Crippen LogP contribution in [0, 0.1) is 0 Å². The number of carbonyl (C=O) groups excluding carboxylic acids is 2. The summed E-state index contributed by atoms with van der Waals surface area (Å²) < 4.78 is 5.60. The van der Waals surface area contributed by atoms with E-state index in [0.717, 1.165) is 5.56 Å². The van der Waals surface area contributed by atoms with Crippen LogP contribution in [-0.4, -0.2) is 35.3 Å². The largest absolute Gasteiger partial charge is 0.456 e. The number of esters is 1. The van der Waals surface area contributed by atoms with Gasteiger partial charge in [0.1, 0.15) is 11.2 Å². The molecule has 0 radical (unpaired) electrons. The van der Waals surface area contributed by atoms with Crippen molar-refractivity contribution in [3.8, 4) is 0 Å². The van der Waals surface area contributed by atoms with Gasteiger partial charge >= 0.3 is 5.97 Å². The van der Waals surface area contributed by atoms with Gasteiger partial charge in [0.25, 0.3) is 0 Å². The number of ether oxygens (including phenoxy) is 1. The maximum Gasteiger partial charge on any atom is 0.342 e. The Bertz CT molecular complexity index is 1050. The van der Waals surface area contributed by atoms with Crippen LogP contribution in [0.5, 0.6) is 0 Å². The molecule has 0 unspecified atom stereocenters. The zero-order valence-electron chi connectivity index (χ0n) is 16.7. The van der Waals surface area contributed by atoms with Crippen LogP contribution in [0.25, 0.3) is 5.57 Å². The maximum atomic E-state index is 13.2. The fraction of sp³-hybridized carbons (Fsp3) is 0.250. The molecule has 0 N–H and O–H groups in total. The van der Waals surface area contributed by atoms with E-state index in [2.05, 4.69) is 0 Å². The number of fused-ring (bicyclic) bond motifs is 3. The van der Waals surface area contributed by atoms with Crippen LogP contribution >= 0.6 is 11.6 Å². The Balaban J connectivity index is 1.84. The minimum absolute atomic E-state index is 0.0462. The molecule has 0 atom stereocenters. The second-order valence-corrected chi connectivity index (χ2v) is 8.56. The molecule has 3 aliphatic rings. The fourth-order valence-corrected chi connectivity index (χ4v) is 3.94. The molecule has 1 aliphatic carbocycles. The van der Waals surface area contributed by atoms with Gasteiger partial charge in [-0.2, -0.15) is 0 Å². The summed E-state index contributed by atoms with van der Waals surface area (Å²) in [4.78, 5) is 28.2. The summed E-state index contributed by atoms with van der Waals surface area (Å²) in [5.74, 6) is -0.527. The molecule has 4 nitrogen and oxygen atoms in total. The Morgan fingerprint density at radius 3 is 2.34 bits per heavy atom. The van der Waals surface area contributed by atoms with Crippen LogP contribution in [0.1, 0.15) is 26.3 Å². The van der Waals surface area contributed by atoms with E-state index in [4.69, 9.17) is 16.3 Å². The van der Waals surface area contributed by atoms with Crippen LogP contribution in [-0.2, 0) is 14.3 Å². The Hall–Kier alpha value is -2.85. The molecule has 5 heteroatoms. The van der Waals surface area contributed by atoms with Gasteiger partial charge < -0.3 is 9.64 Å². The van der Waals surface area contributed by atoms with Crippen LogP contribution in [0.2, 0.25) is 0 Å². The number of rotatable bonds is 2. The normalized spacial score (nSPS) is 18.9. The molecular formula is C24H22ClNO3. The van der Waals surface area contributed by atoms with Gasteiger partial charge in [0.15, 0.2) is 5.78 Å². The molecule has 1 aromatic rings. The summed E-state index contributed by atoms with van der Waals surface area (Å²) in [6, 6.07) is 9.58. The van der Waals surface area contributed by atoms with Crippen molar-refractivity contribution >= 4 is 28.9 Å². The highest BCUT2D eigenvalue weighted by molar-refractivity contribution is 6.36. The number of hydrogen-bond donors (Lipinski definition) is 0. The molecular weight excluding hydrogens is 386 g/mol. The second-order valence-electron chi connectivity index (χ2n) is 8.16. The van der Waals surface area contributed by atoms with Gasteiger partial charge in [0, 0.05) is 29.8 Å². The third-order valence-corrected chi connectivity index (χ3v) is 5.28. The van der Waals surface area contributed by atoms with Crippen molar-refractivity contribution in [1.82, 2.24) is 4.90 Å². The minimum Gasteiger partial charge on any atom is -0.456 e. The summed E-state index contributed by atoms with van der Waals surface area (Å²) in [5, 5.41) is 0.359. The molecule has 4 rings (SSSR count). The van der Waals surface area contributed by atoms with Gasteiger partial charge in [-0.15, -0.1) is 0 Å². The van der Waals surface area contributed by atoms with E-state index in [1.807, 2.05) is 74.2 Å². The summed E-state index contributed by atoms with van der Waals surface area (Å²) in [5.41, 5.74) is 3.17. The first-order chi connectivity index (χ1) is 13.8. The van der Waals surface area contributed by atoms with Crippen molar-refractivity contribution < 1.29 is 14.3 Å². The standard InChI is InChI=1S/C24H22ClNO3/c1-24(2,3)29-23(28)20-19(25)12-14-26-13-11-18-17(21(20)26)10-9-16(22(18)27)15-7-5-4-6-8-15/h4-12H,13-14H2,1-3H3. The van der Waals surface area contributed by atoms with E-state index in [1.165, 1.54) is 0 Å². The molecule has 0 aromatic heterocycles. The van der Waals surface area contributed by atoms with Crippen molar-refractivity contribution in [2.24, 2.45) is 0 Å². The lowest BCUT2D eigenvalue weighted by Gasteiger charge is -2.37. The fourth-order valence-electron chi connectivity index (χ4n) is 3.70. The third kappa shape index (κ3) is 3.60. The number of Topliss-reactive ketones (excluding diaryl/α,β-unsaturated/α-hetero) is 1. The smallest absolute Gasteiger partial charge is 0.342 e. The Morgan fingerprint density at radius 2 is 1.66 bits per heavy atom. The zero-order chi connectivity index (χ0) is 20.8. The summed E-state index contributed by atoms with van der Waals surface area (Å²) in [6.45, 7) is 6.56. The van der Waals surface area contributed by atoms with E-state index in [-0.39, 0.29) is 5.78 Å². The number of allylic oxidation sites excluding steroid dienone is 4. The van der Waals surface area contributed by atoms with Crippen LogP contribution in [0.15, 0.2) is 82.1 Å². The summed E-state index contributed by atoms with van der Waals surface area (Å²) in [6.07, 6.45) is 7.45. The van der Waals surface area contributed by atoms with Crippen LogP contribution in [0.4, 0.5) is 0 Å². The van der Waals surface area contributed by atoms with E-state index >= 15 is 0 Å². The SMILES string of the molecule is CC(C)(C)OC(=O)C1=C2C3=CC=C(c4ccccc4)C(=O)C3=CCN2CC=C1Cl. The Morgan fingerprint density at radius 1 is 1.00 bits per heavy atom. The molecule has 148 valence electrons. The minimum atomic E-state index is -0.644. The average molecular weight is 408 g/mol. The van der Waals surface area contributed by atoms with Gasteiger partial charge in [-0.1, -0.05) is 54.1 Å². The number of ketones is 1. The number of hydrogen-bond acceptors (Lipinski definition) is 4. The second kappa shape index (κ2) is 7.20. The molecule has 2 heterocycles. The van der Waals surface area contributed by atoms with Crippen molar-refractivity contribution in [2.75, 3.05) is 13.1 Å². The van der Waals surface area contributed by atoms with Gasteiger partial charge in [-0.05, 0) is 38.5 Å². The van der Waals surface area contributed by atoms with E-state index in [9.17, 15) is 9.59 Å². The molecule has 2 aliphatic heterocycles. The van der Waals surface area contributed by atoms with Gasteiger partial charge in [0.2, 0.25) is 0 Å². The molecule has 0 bridgehead atoms. The van der Waals surface area contributed by atoms with Gasteiger partial charge in [0.05, 0.1) is 10.7 Å². The highest BCUT2D eigenvalue weighted by atomic mass is 35.5. The molecule has 0 saturated heterocycles. The molecule has 0 fully saturated rings. The van der Waals surface area contributed by atoms with E-state index in [1.54, 1.807) is 6.08 Å². The Kier molecular flexibility index (Phi) is 4.83. The van der Waals surface area contributed by atoms with E-state index < -0.39 is 11.6 Å². The predicted molar refractivity (Wildman–Crippen MR) is 114 cm³/mol. The number of benzene rings is 1. The highest BCUT2D eigenvalue weighted by Gasteiger charge is 2.37. The molecule has 0 amide bonds. The maximum absolute atomic E-state index is 13.2. The van der Waals surface area contributed by atoms with Gasteiger partial charge in [-0.25, -0.2) is 4.79 Å². The summed E-state index contributed by atoms with van der Waals surface area (Å²) in [7, 11) is 0. The highest BCUT2D eigenvalue weighted by Crippen LogP contribution is 2.41. The average Bonchev–Trinajstić information content (AvgIpc) is 2.67. The van der Waals surface area contributed by atoms with E-state index in [0.29, 0.717) is 46.1 Å². The lowest BCUT2D eigenvalue weighted by atomic mass is 9.82. The number of carbonyl (C=O) groups is 2. The molecule has 29 heavy (non-hydrogen) atoms. The predicted octanol–water partition coefficient (Wildman–Crippen LogP) is 4.55. The quantitative estimate of drug-likeness (QED) is 0.674. The van der Waals surface area contributed by atoms with Crippen molar-refractivity contribution in [2.45, 2.75) is 26.4 Å². The van der Waals surface area contributed by atoms with Gasteiger partial charge in [-0.3, -0.25) is 4.79 Å². The van der Waals surface area contributed by atoms with Crippen molar-refractivity contribution in [1.29, 1.82) is 0 Å². The van der Waals surface area contributed by atoms with Crippen LogP contribution in [0.3, 0.4) is 0 Å². The zero-order valence-corrected chi connectivity index (χ0v) is 17.4. The molecule has 0 spiro atoms. The number of nitrogens with zero attached hydrogens (tertiary/aromatic N) is 1. The first-order valence-corrected chi connectivity index (χ1v) is 9.95. The first kappa shape index (κ1) is 19.5. The van der Waals surface area contributed by atoms with Crippen molar-refractivity contribution in [3.63, 3.8) is 0 Å². The third-order valence-electron chi connectivity index (χ3n) is 4.94. The summed E-state index contributed by atoms with van der Waals surface area (Å²) >= 11 is 6.45. The molecule has 1 aromatic carbocycles. The molecule has 0 saturated carbocycles. The Labute approximate surface area is 175 Å².